The summed E-state index contributed by atoms with van der Waals surface area (Å²) in [7, 11) is -3.63. The van der Waals surface area contributed by atoms with Crippen LogP contribution in [0.5, 0.6) is 0 Å². The minimum absolute atomic E-state index is 0.251. The van der Waals surface area contributed by atoms with Gasteiger partial charge in [-0.3, -0.25) is 4.72 Å². The van der Waals surface area contributed by atoms with Crippen molar-refractivity contribution < 1.29 is 8.42 Å². The molecule has 4 nitrogen and oxygen atoms in total. The van der Waals surface area contributed by atoms with Gasteiger partial charge in [-0.2, -0.15) is 0 Å². The van der Waals surface area contributed by atoms with Gasteiger partial charge in [-0.15, -0.1) is 0 Å². The highest BCUT2D eigenvalue weighted by Crippen LogP contribution is 2.29. The molecule has 2 aromatic rings. The summed E-state index contributed by atoms with van der Waals surface area (Å²) in [5.74, 6) is 0. The molecule has 3 N–H and O–H groups in total. The number of hydrogen-bond donors (Lipinski definition) is 2. The van der Waals surface area contributed by atoms with E-state index in [4.69, 9.17) is 5.73 Å². The molecule has 2 rings (SSSR count). The van der Waals surface area contributed by atoms with Crippen molar-refractivity contribution in [1.29, 1.82) is 0 Å². The molecule has 25 heavy (non-hydrogen) atoms. The van der Waals surface area contributed by atoms with Crippen molar-refractivity contribution in [3.8, 4) is 0 Å². The Morgan fingerprint density at radius 1 is 1.16 bits per heavy atom. The van der Waals surface area contributed by atoms with Crippen LogP contribution in [0.4, 0.5) is 11.4 Å². The zero-order valence-corrected chi connectivity index (χ0v) is 16.0. The maximum absolute atomic E-state index is 12.6. The monoisotopic (exact) mass is 376 g/mol. The minimum Gasteiger partial charge on any atom is -0.398 e. The van der Waals surface area contributed by atoms with E-state index in [1.807, 2.05) is 12.1 Å². The molecule has 0 atom stereocenters. The van der Waals surface area contributed by atoms with Crippen molar-refractivity contribution in [3.05, 3.63) is 60.0 Å². The van der Waals surface area contributed by atoms with Gasteiger partial charge in [0, 0.05) is 10.6 Å². The summed E-state index contributed by atoms with van der Waals surface area (Å²) in [6.07, 6.45) is 4.45. The summed E-state index contributed by atoms with van der Waals surface area (Å²) >= 11 is 1.35. The van der Waals surface area contributed by atoms with Crippen molar-refractivity contribution >= 4 is 33.2 Å². The minimum atomic E-state index is -3.63. The Morgan fingerprint density at radius 3 is 2.52 bits per heavy atom. The normalized spacial score (nSPS) is 11.2. The molecule has 2 aromatic carbocycles. The van der Waals surface area contributed by atoms with Crippen LogP contribution in [-0.4, -0.2) is 8.42 Å². The number of nitrogens with two attached hydrogens (primary N) is 1. The molecule has 0 aromatic heterocycles. The Bertz CT molecular complexity index is 816. The van der Waals surface area contributed by atoms with Crippen molar-refractivity contribution in [2.45, 2.75) is 42.4 Å². The number of anilines is 2. The average molecular weight is 377 g/mol. The number of unbranched alkanes of at least 4 members (excludes halogenated alkanes) is 2. The van der Waals surface area contributed by atoms with Crippen LogP contribution in [0.1, 0.15) is 31.7 Å². The maximum atomic E-state index is 12.6. The quantitative estimate of drug-likeness (QED) is 0.365. The molecule has 0 saturated heterocycles. The molecule has 0 heterocycles. The van der Waals surface area contributed by atoms with Gasteiger partial charge in [-0.25, -0.2) is 8.42 Å². The first-order valence-electron chi connectivity index (χ1n) is 8.25. The van der Waals surface area contributed by atoms with E-state index in [-0.39, 0.29) is 4.90 Å². The second-order valence-electron chi connectivity index (χ2n) is 5.74. The van der Waals surface area contributed by atoms with E-state index in [2.05, 4.69) is 18.2 Å². The molecule has 0 radical (unpaired) electrons. The van der Waals surface area contributed by atoms with Crippen LogP contribution in [0.2, 0.25) is 0 Å². The number of nitrogen functional groups attached to an aromatic ring is 1. The fraction of sp³-hybridized carbons (Fsp3) is 0.263. The van der Waals surface area contributed by atoms with Crippen molar-refractivity contribution in [2.75, 3.05) is 10.5 Å². The van der Waals surface area contributed by atoms with E-state index >= 15 is 0 Å². The summed E-state index contributed by atoms with van der Waals surface area (Å²) in [6, 6.07) is 12.1. The van der Waals surface area contributed by atoms with E-state index in [0.717, 1.165) is 23.3 Å². The van der Waals surface area contributed by atoms with E-state index < -0.39 is 10.0 Å². The molecular weight excluding hydrogens is 352 g/mol. The summed E-state index contributed by atoms with van der Waals surface area (Å²) in [5.41, 5.74) is 8.09. The predicted molar refractivity (Wildman–Crippen MR) is 107 cm³/mol. The second-order valence-corrected chi connectivity index (χ2v) is 8.43. The molecule has 134 valence electrons. The largest absolute Gasteiger partial charge is 0.398 e. The maximum Gasteiger partial charge on any atom is 0.261 e. The lowest BCUT2D eigenvalue weighted by molar-refractivity contribution is 0.601. The third-order valence-electron chi connectivity index (χ3n) is 3.78. The van der Waals surface area contributed by atoms with Crippen molar-refractivity contribution in [1.82, 2.24) is 0 Å². The highest BCUT2D eigenvalue weighted by atomic mass is 32.2. The number of benzene rings is 2. The fourth-order valence-electron chi connectivity index (χ4n) is 2.42. The average Bonchev–Trinajstić information content (AvgIpc) is 2.59. The van der Waals surface area contributed by atoms with E-state index in [9.17, 15) is 8.42 Å². The Labute approximate surface area is 154 Å². The molecule has 0 bridgehead atoms. The molecule has 0 amide bonds. The van der Waals surface area contributed by atoms with Gasteiger partial charge in [0.2, 0.25) is 0 Å². The number of sulfonamides is 1. The first kappa shape index (κ1) is 19.4. The lowest BCUT2D eigenvalue weighted by Crippen LogP contribution is -2.13. The van der Waals surface area contributed by atoms with Gasteiger partial charge < -0.3 is 5.73 Å². The van der Waals surface area contributed by atoms with Crippen LogP contribution in [-0.2, 0) is 16.4 Å². The number of aryl methyl sites for hydroxylation is 1. The Balaban J connectivity index is 2.13. The number of hydrogen-bond acceptors (Lipinski definition) is 4. The summed E-state index contributed by atoms with van der Waals surface area (Å²) in [4.78, 5) is 1.02. The summed E-state index contributed by atoms with van der Waals surface area (Å²) in [6.45, 7) is 5.82. The molecule has 0 aliphatic heterocycles. The predicted octanol–water partition coefficient (Wildman–Crippen LogP) is 5.04. The highest BCUT2D eigenvalue weighted by molar-refractivity contribution is 8.02. The molecule has 0 fully saturated rings. The molecule has 0 saturated carbocycles. The van der Waals surface area contributed by atoms with E-state index in [0.29, 0.717) is 11.4 Å². The highest BCUT2D eigenvalue weighted by Gasteiger charge is 2.14. The van der Waals surface area contributed by atoms with Crippen LogP contribution in [0, 0.1) is 0 Å². The summed E-state index contributed by atoms with van der Waals surface area (Å²) in [5, 5.41) is 1.65. The SMILES string of the molecule is C=CSc1cc(NS(=O)(=O)c2ccc(CCCCC)cc2)ccc1N. The molecule has 0 spiro atoms. The van der Waals surface area contributed by atoms with E-state index in [1.165, 1.54) is 24.6 Å². The Morgan fingerprint density at radius 2 is 1.88 bits per heavy atom. The smallest absolute Gasteiger partial charge is 0.261 e. The zero-order valence-electron chi connectivity index (χ0n) is 14.4. The Kier molecular flexibility index (Phi) is 6.96. The lowest BCUT2D eigenvalue weighted by Gasteiger charge is -2.11. The molecule has 0 aliphatic rings. The molecular formula is C19H24N2O2S2. The van der Waals surface area contributed by atoms with Gasteiger partial charge in [0.25, 0.3) is 10.0 Å². The van der Waals surface area contributed by atoms with Gasteiger partial charge >= 0.3 is 0 Å². The molecule has 6 heteroatoms. The Hall–Kier alpha value is -1.92. The van der Waals surface area contributed by atoms with Crippen molar-refractivity contribution in [3.63, 3.8) is 0 Å². The third-order valence-corrected chi connectivity index (χ3v) is 5.95. The van der Waals surface area contributed by atoms with Gasteiger partial charge in [0.1, 0.15) is 0 Å². The number of thioether (sulfide) groups is 1. The third kappa shape index (κ3) is 5.54. The van der Waals surface area contributed by atoms with Gasteiger partial charge in [-0.1, -0.05) is 50.2 Å². The standard InChI is InChI=1S/C19H24N2O2S2/c1-3-5-6-7-15-8-11-17(12-9-15)25(22,23)21-16-10-13-18(20)19(14-16)24-4-2/h4,8-14,21H,2-3,5-7,20H2,1H3. The van der Waals surface area contributed by atoms with Crippen LogP contribution >= 0.6 is 11.8 Å². The van der Waals surface area contributed by atoms with Gasteiger partial charge in [0.15, 0.2) is 0 Å². The zero-order chi connectivity index (χ0) is 18.3. The van der Waals surface area contributed by atoms with Crippen LogP contribution < -0.4 is 10.5 Å². The summed E-state index contributed by atoms with van der Waals surface area (Å²) < 4.78 is 27.7. The van der Waals surface area contributed by atoms with Gasteiger partial charge in [0.05, 0.1) is 10.6 Å². The lowest BCUT2D eigenvalue weighted by atomic mass is 10.1. The van der Waals surface area contributed by atoms with Crippen LogP contribution in [0.3, 0.4) is 0 Å². The molecule has 0 aliphatic carbocycles. The van der Waals surface area contributed by atoms with Crippen molar-refractivity contribution in [2.24, 2.45) is 0 Å². The van der Waals surface area contributed by atoms with Gasteiger partial charge in [-0.05, 0) is 54.1 Å². The van der Waals surface area contributed by atoms with E-state index in [1.54, 1.807) is 35.7 Å². The topological polar surface area (TPSA) is 72.2 Å². The van der Waals surface area contributed by atoms with Crippen LogP contribution in [0.25, 0.3) is 0 Å². The first-order chi connectivity index (χ1) is 12.0. The fourth-order valence-corrected chi connectivity index (χ4v) is 4.05. The van der Waals surface area contributed by atoms with Crippen LogP contribution in [0.15, 0.2) is 64.2 Å². The number of rotatable bonds is 9. The molecule has 0 unspecified atom stereocenters. The number of nitrogens with one attached hydrogen (secondary N) is 1. The second kappa shape index (κ2) is 8.97. The first-order valence-corrected chi connectivity index (χ1v) is 10.6.